The quantitative estimate of drug-likeness (QED) is 0.381. The van der Waals surface area contributed by atoms with Gasteiger partial charge in [-0.1, -0.05) is 6.92 Å². The molecule has 0 saturated heterocycles. The average Bonchev–Trinajstić information content (AvgIpc) is 1.98. The van der Waals surface area contributed by atoms with Gasteiger partial charge in [-0.15, -0.1) is 5.69 Å². The molecule has 44 valence electrons. The van der Waals surface area contributed by atoms with E-state index in [9.17, 15) is 0 Å². The Labute approximate surface area is 77.3 Å². The third kappa shape index (κ3) is 1.81. The monoisotopic (exact) mass is 132 g/mol. The van der Waals surface area contributed by atoms with E-state index in [4.69, 9.17) is 0 Å². The molecule has 0 spiro atoms. The first-order chi connectivity index (χ1) is 3.72. The summed E-state index contributed by atoms with van der Waals surface area (Å²) in [5.74, 6) is 0. The molecule has 0 aromatic carbocycles. The molecule has 0 aliphatic heterocycles. The zero-order valence-corrected chi connectivity index (χ0v) is 8.39. The number of aromatic nitrogens is 2. The van der Waals surface area contributed by atoms with Gasteiger partial charge in [0, 0.05) is 5.69 Å². The fourth-order valence-corrected chi connectivity index (χ4v) is 0.562. The molecule has 9 heavy (non-hydrogen) atoms. The minimum atomic E-state index is 0. The smallest absolute Gasteiger partial charge is 0.579 e. The maximum atomic E-state index is 3.87. The molecule has 0 saturated carbocycles. The Morgan fingerprint density at radius 2 is 1.78 bits per heavy atom. The van der Waals surface area contributed by atoms with Crippen LogP contribution in [0, 0.1) is 20.8 Å². The van der Waals surface area contributed by atoms with Crippen LogP contribution in [-0.2, 0) is 0 Å². The van der Waals surface area contributed by atoms with Crippen LogP contribution in [0.25, 0.3) is 0 Å². The van der Waals surface area contributed by atoms with Gasteiger partial charge in [0.15, 0.2) is 0 Å². The third-order valence-electron chi connectivity index (χ3n) is 1.44. The van der Waals surface area contributed by atoms with Crippen molar-refractivity contribution >= 4 is 0 Å². The van der Waals surface area contributed by atoms with Crippen LogP contribution < -0.4 is 34.7 Å². The summed E-state index contributed by atoms with van der Waals surface area (Å²) < 4.78 is 0. The SMILES string of the molecule is Cc1n[n-]c(C)c1C.[Na+]. The normalized spacial score (nSPS) is 8.78. The first-order valence-corrected chi connectivity index (χ1v) is 2.65. The maximum Gasteiger partial charge on any atom is 1.00 e. The second kappa shape index (κ2) is 3.40. The van der Waals surface area contributed by atoms with Crippen molar-refractivity contribution in [1.29, 1.82) is 0 Å². The molecule has 1 aromatic heterocycles. The molecular weight excluding hydrogens is 123 g/mol. The second-order valence-corrected chi connectivity index (χ2v) is 2.00. The summed E-state index contributed by atoms with van der Waals surface area (Å²) in [5.41, 5.74) is 3.30. The minimum absolute atomic E-state index is 0. The van der Waals surface area contributed by atoms with Crippen molar-refractivity contribution in [3.8, 4) is 0 Å². The molecule has 0 N–H and O–H groups in total. The van der Waals surface area contributed by atoms with Gasteiger partial charge in [0.2, 0.25) is 0 Å². The summed E-state index contributed by atoms with van der Waals surface area (Å²) in [4.78, 5) is 0. The molecule has 0 fully saturated rings. The molecule has 1 aromatic rings. The molecule has 1 heterocycles. The van der Waals surface area contributed by atoms with E-state index >= 15 is 0 Å². The molecule has 2 nitrogen and oxygen atoms in total. The number of hydrogen-bond acceptors (Lipinski definition) is 1. The Morgan fingerprint density at radius 3 is 1.89 bits per heavy atom. The van der Waals surface area contributed by atoms with Gasteiger partial charge in [0.1, 0.15) is 0 Å². The van der Waals surface area contributed by atoms with Crippen LogP contribution in [-0.4, -0.2) is 5.10 Å². The van der Waals surface area contributed by atoms with Crippen molar-refractivity contribution < 1.29 is 29.6 Å². The topological polar surface area (TPSA) is 27.0 Å². The Kier molecular flexibility index (Phi) is 3.48. The third-order valence-corrected chi connectivity index (χ3v) is 1.44. The van der Waals surface area contributed by atoms with Gasteiger partial charge in [-0.05, 0) is 19.4 Å². The van der Waals surface area contributed by atoms with Gasteiger partial charge in [0.25, 0.3) is 0 Å². The van der Waals surface area contributed by atoms with Gasteiger partial charge in [-0.25, -0.2) is 0 Å². The van der Waals surface area contributed by atoms with E-state index in [0.717, 1.165) is 11.4 Å². The Hall–Kier alpha value is 0.210. The average molecular weight is 132 g/mol. The zero-order valence-electron chi connectivity index (χ0n) is 6.39. The standard InChI is InChI=1S/C6H9N2.Na/c1-4-5(2)7-8-6(4)3;/h1-3H3;/q-1;+1. The van der Waals surface area contributed by atoms with E-state index in [1.54, 1.807) is 0 Å². The molecule has 0 atom stereocenters. The number of rotatable bonds is 0. The van der Waals surface area contributed by atoms with E-state index in [-0.39, 0.29) is 29.6 Å². The molecule has 0 amide bonds. The van der Waals surface area contributed by atoms with E-state index in [1.165, 1.54) is 5.56 Å². The molecular formula is C6H9N2Na. The van der Waals surface area contributed by atoms with E-state index in [1.807, 2.05) is 20.8 Å². The summed E-state index contributed by atoms with van der Waals surface area (Å²) in [7, 11) is 0. The number of aryl methyl sites for hydroxylation is 2. The summed E-state index contributed by atoms with van der Waals surface area (Å²) in [6.07, 6.45) is 0. The predicted molar refractivity (Wildman–Crippen MR) is 31.8 cm³/mol. The van der Waals surface area contributed by atoms with Crippen LogP contribution in [0.4, 0.5) is 0 Å². The Morgan fingerprint density at radius 1 is 1.22 bits per heavy atom. The van der Waals surface area contributed by atoms with E-state index in [0.29, 0.717) is 0 Å². The first-order valence-electron chi connectivity index (χ1n) is 2.65. The Bertz CT molecular complexity index is 173. The number of nitrogens with zero attached hydrogens (tertiary/aromatic N) is 2. The van der Waals surface area contributed by atoms with Gasteiger partial charge >= 0.3 is 29.6 Å². The number of hydrogen-bond donors (Lipinski definition) is 0. The molecule has 1 rings (SSSR count). The van der Waals surface area contributed by atoms with Crippen molar-refractivity contribution in [2.75, 3.05) is 0 Å². The molecule has 0 unspecified atom stereocenters. The summed E-state index contributed by atoms with van der Waals surface area (Å²) in [6.45, 7) is 5.97. The molecule has 0 radical (unpaired) electrons. The second-order valence-electron chi connectivity index (χ2n) is 2.00. The fourth-order valence-electron chi connectivity index (χ4n) is 0.562. The largest absolute Gasteiger partial charge is 1.00 e. The Balaban J connectivity index is 0.000000640. The van der Waals surface area contributed by atoms with Crippen molar-refractivity contribution in [2.24, 2.45) is 0 Å². The van der Waals surface area contributed by atoms with Crippen molar-refractivity contribution in [2.45, 2.75) is 20.8 Å². The van der Waals surface area contributed by atoms with Gasteiger partial charge < -0.3 is 10.2 Å². The predicted octanol–water partition coefficient (Wildman–Crippen LogP) is -2.03. The van der Waals surface area contributed by atoms with Crippen LogP contribution >= 0.6 is 0 Å². The zero-order chi connectivity index (χ0) is 6.15. The van der Waals surface area contributed by atoms with Crippen LogP contribution in [0.15, 0.2) is 0 Å². The van der Waals surface area contributed by atoms with E-state index in [2.05, 4.69) is 10.2 Å². The van der Waals surface area contributed by atoms with Crippen molar-refractivity contribution in [3.05, 3.63) is 17.0 Å². The minimum Gasteiger partial charge on any atom is -0.579 e. The molecule has 3 heteroatoms. The summed E-state index contributed by atoms with van der Waals surface area (Å²) in [6, 6.07) is 0. The molecule has 0 aliphatic carbocycles. The van der Waals surface area contributed by atoms with Crippen LogP contribution in [0.2, 0.25) is 0 Å². The van der Waals surface area contributed by atoms with Crippen molar-refractivity contribution in [3.63, 3.8) is 0 Å². The molecule has 0 bridgehead atoms. The van der Waals surface area contributed by atoms with Crippen LogP contribution in [0.1, 0.15) is 17.0 Å². The van der Waals surface area contributed by atoms with Crippen LogP contribution in [0.3, 0.4) is 0 Å². The summed E-state index contributed by atoms with van der Waals surface area (Å²) in [5, 5.41) is 7.73. The van der Waals surface area contributed by atoms with Gasteiger partial charge in [-0.3, -0.25) is 0 Å². The summed E-state index contributed by atoms with van der Waals surface area (Å²) >= 11 is 0. The molecule has 0 aliphatic rings. The van der Waals surface area contributed by atoms with Gasteiger partial charge in [0.05, 0.1) is 0 Å². The van der Waals surface area contributed by atoms with Crippen LogP contribution in [0.5, 0.6) is 0 Å². The fraction of sp³-hybridized carbons (Fsp3) is 0.500. The first kappa shape index (κ1) is 9.21. The maximum absolute atomic E-state index is 3.87. The van der Waals surface area contributed by atoms with E-state index < -0.39 is 0 Å². The van der Waals surface area contributed by atoms with Gasteiger partial charge in [-0.2, -0.15) is 0 Å². The van der Waals surface area contributed by atoms with Crippen molar-refractivity contribution in [1.82, 2.24) is 10.2 Å².